The molecule has 0 fully saturated rings. The van der Waals surface area contributed by atoms with Crippen LogP contribution < -0.4 is 5.73 Å². The molecule has 3 aromatic rings. The van der Waals surface area contributed by atoms with Crippen LogP contribution in [0.4, 0.5) is 4.79 Å². The number of nitrogens with zero attached hydrogens (tertiary/aromatic N) is 6. The first kappa shape index (κ1) is 19.5. The highest BCUT2D eigenvalue weighted by atomic mass is 16.4. The lowest BCUT2D eigenvalue weighted by Crippen LogP contribution is -2.51. The molecular formula is C18H19N7O5. The molecule has 0 aliphatic carbocycles. The molecule has 0 radical (unpaired) electrons. The van der Waals surface area contributed by atoms with Gasteiger partial charge in [0.25, 0.3) is 5.91 Å². The molecule has 0 bridgehead atoms. The third-order valence-corrected chi connectivity index (χ3v) is 4.69. The number of nitrogens with two attached hydrogens (primary N) is 1. The number of rotatable bonds is 6. The summed E-state index contributed by atoms with van der Waals surface area (Å²) < 4.78 is 5.63. The Morgan fingerprint density at radius 2 is 2.13 bits per heavy atom. The Morgan fingerprint density at radius 3 is 2.87 bits per heavy atom. The van der Waals surface area contributed by atoms with Gasteiger partial charge in [-0.1, -0.05) is 18.2 Å². The van der Waals surface area contributed by atoms with Crippen LogP contribution in [0.3, 0.4) is 0 Å². The Kier molecular flexibility index (Phi) is 4.93. The van der Waals surface area contributed by atoms with Gasteiger partial charge in [-0.3, -0.25) is 14.6 Å². The monoisotopic (exact) mass is 413 g/mol. The van der Waals surface area contributed by atoms with Crippen LogP contribution in [0.2, 0.25) is 0 Å². The van der Waals surface area contributed by atoms with Gasteiger partial charge in [0.15, 0.2) is 12.1 Å². The molecule has 1 aromatic carbocycles. The molecule has 0 spiro atoms. The van der Waals surface area contributed by atoms with E-state index in [0.717, 1.165) is 15.2 Å². The first-order valence-corrected chi connectivity index (χ1v) is 8.99. The highest BCUT2D eigenvalue weighted by Gasteiger charge is 2.34. The molecule has 0 saturated heterocycles. The fourth-order valence-corrected chi connectivity index (χ4v) is 3.09. The Hall–Kier alpha value is -3.77. The van der Waals surface area contributed by atoms with Gasteiger partial charge >= 0.3 is 6.03 Å². The molecule has 4 rings (SSSR count). The molecule has 2 atom stereocenters. The minimum atomic E-state index is -1.42. The van der Waals surface area contributed by atoms with Gasteiger partial charge in [0.1, 0.15) is 17.4 Å². The summed E-state index contributed by atoms with van der Waals surface area (Å²) in [5.74, 6) is -0.312. The van der Waals surface area contributed by atoms with Crippen LogP contribution in [0.15, 0.2) is 46.5 Å². The van der Waals surface area contributed by atoms with Gasteiger partial charge in [-0.15, -0.1) is 10.2 Å². The SMILES string of the molecule is CN1C(=O)N(Cc2nnn(C[C@H](O)c3cc4ccccc4o3)n2)C=C(C(N)=O)C1O. The summed E-state index contributed by atoms with van der Waals surface area (Å²) in [6.45, 7) is -0.116. The Labute approximate surface area is 169 Å². The second kappa shape index (κ2) is 7.57. The number of tetrazole rings is 1. The van der Waals surface area contributed by atoms with Crippen LogP contribution in [-0.2, 0) is 17.9 Å². The maximum absolute atomic E-state index is 12.3. The number of aliphatic hydroxyl groups excluding tert-OH is 2. The van der Waals surface area contributed by atoms with Crippen LogP contribution in [0.5, 0.6) is 0 Å². The van der Waals surface area contributed by atoms with Gasteiger partial charge in [0.05, 0.1) is 18.7 Å². The molecule has 0 saturated carbocycles. The number of benzene rings is 1. The zero-order chi connectivity index (χ0) is 21.4. The number of para-hydroxylation sites is 1. The zero-order valence-corrected chi connectivity index (χ0v) is 15.9. The standard InChI is InChI=1S/C18H19N7O5/c1-23-17(28)11(16(19)27)7-24(18(23)29)9-15-20-22-25(21-15)8-12(26)14-6-10-4-2-3-5-13(10)30-14/h2-7,12,17,26,28H,8-9H2,1H3,(H2,19,27)/t12-,17?/m0/s1. The molecule has 156 valence electrons. The van der Waals surface area contributed by atoms with Gasteiger partial charge in [-0.05, 0) is 17.3 Å². The number of hydrogen-bond acceptors (Lipinski definition) is 8. The van der Waals surface area contributed by atoms with Crippen molar-refractivity contribution in [2.75, 3.05) is 7.05 Å². The van der Waals surface area contributed by atoms with Crippen molar-refractivity contribution in [3.8, 4) is 0 Å². The molecule has 1 unspecified atom stereocenters. The number of hydrogen-bond donors (Lipinski definition) is 3. The van der Waals surface area contributed by atoms with Gasteiger partial charge in [0, 0.05) is 18.6 Å². The number of primary amides is 1. The zero-order valence-electron chi connectivity index (χ0n) is 15.9. The molecule has 1 aliphatic heterocycles. The quantitative estimate of drug-likeness (QED) is 0.496. The van der Waals surface area contributed by atoms with Crippen molar-refractivity contribution in [2.24, 2.45) is 5.73 Å². The van der Waals surface area contributed by atoms with Crippen LogP contribution in [-0.4, -0.2) is 65.4 Å². The van der Waals surface area contributed by atoms with Crippen molar-refractivity contribution in [3.63, 3.8) is 0 Å². The van der Waals surface area contributed by atoms with E-state index in [9.17, 15) is 19.8 Å². The number of aliphatic hydroxyl groups is 2. The Bertz CT molecular complexity index is 1100. The van der Waals surface area contributed by atoms with Crippen LogP contribution >= 0.6 is 0 Å². The number of carbonyl (C=O) groups excluding carboxylic acids is 2. The molecule has 12 nitrogen and oxygen atoms in total. The number of fused-ring (bicyclic) bond motifs is 1. The van der Waals surface area contributed by atoms with E-state index in [1.807, 2.05) is 18.2 Å². The fraction of sp³-hybridized carbons (Fsp3) is 0.278. The van der Waals surface area contributed by atoms with Crippen molar-refractivity contribution in [1.82, 2.24) is 30.0 Å². The third kappa shape index (κ3) is 3.60. The molecule has 1 aliphatic rings. The highest BCUT2D eigenvalue weighted by molar-refractivity contribution is 5.95. The molecule has 12 heteroatoms. The molecule has 30 heavy (non-hydrogen) atoms. The predicted molar refractivity (Wildman–Crippen MR) is 101 cm³/mol. The summed E-state index contributed by atoms with van der Waals surface area (Å²) in [5.41, 5.74) is 5.77. The average molecular weight is 413 g/mol. The summed E-state index contributed by atoms with van der Waals surface area (Å²) in [7, 11) is 1.34. The van der Waals surface area contributed by atoms with E-state index in [1.165, 1.54) is 18.0 Å². The molecule has 4 N–H and O–H groups in total. The van der Waals surface area contributed by atoms with E-state index >= 15 is 0 Å². The van der Waals surface area contributed by atoms with Crippen molar-refractivity contribution >= 4 is 22.9 Å². The number of amides is 3. The van der Waals surface area contributed by atoms with Crippen LogP contribution in [0.1, 0.15) is 17.7 Å². The minimum absolute atomic E-state index is 0.0121. The number of furan rings is 1. The maximum Gasteiger partial charge on any atom is 0.326 e. The van der Waals surface area contributed by atoms with E-state index in [0.29, 0.717) is 11.3 Å². The van der Waals surface area contributed by atoms with E-state index in [-0.39, 0.29) is 24.5 Å². The van der Waals surface area contributed by atoms with Crippen molar-refractivity contribution in [1.29, 1.82) is 0 Å². The topological polar surface area (TPSA) is 164 Å². The summed E-state index contributed by atoms with van der Waals surface area (Å²) in [6.07, 6.45) is -1.26. The maximum atomic E-state index is 12.3. The lowest BCUT2D eigenvalue weighted by Gasteiger charge is -2.34. The number of likely N-dealkylation sites (N-methyl/N-ethyl adjacent to an activating group) is 1. The van der Waals surface area contributed by atoms with E-state index < -0.39 is 24.3 Å². The minimum Gasteiger partial charge on any atom is -0.458 e. The smallest absolute Gasteiger partial charge is 0.326 e. The number of aromatic nitrogens is 4. The lowest BCUT2D eigenvalue weighted by molar-refractivity contribution is -0.116. The molecule has 3 amide bonds. The summed E-state index contributed by atoms with van der Waals surface area (Å²) in [4.78, 5) is 27.1. The molecule has 3 heterocycles. The predicted octanol–water partition coefficient (Wildman–Crippen LogP) is -0.292. The van der Waals surface area contributed by atoms with E-state index in [4.69, 9.17) is 10.2 Å². The third-order valence-electron chi connectivity index (χ3n) is 4.69. The van der Waals surface area contributed by atoms with E-state index in [2.05, 4.69) is 15.4 Å². The van der Waals surface area contributed by atoms with Gasteiger partial charge < -0.3 is 20.4 Å². The Morgan fingerprint density at radius 1 is 1.37 bits per heavy atom. The van der Waals surface area contributed by atoms with Gasteiger partial charge in [0.2, 0.25) is 0 Å². The van der Waals surface area contributed by atoms with Crippen molar-refractivity contribution in [3.05, 3.63) is 53.7 Å². The second-order valence-electron chi connectivity index (χ2n) is 6.81. The lowest BCUT2D eigenvalue weighted by atomic mass is 10.2. The van der Waals surface area contributed by atoms with Crippen LogP contribution in [0.25, 0.3) is 11.0 Å². The Balaban J connectivity index is 1.47. The first-order chi connectivity index (χ1) is 14.3. The average Bonchev–Trinajstić information content (AvgIpc) is 3.34. The number of carbonyl (C=O) groups is 2. The normalized spacial score (nSPS) is 18.0. The van der Waals surface area contributed by atoms with Crippen molar-refractivity contribution in [2.45, 2.75) is 25.4 Å². The first-order valence-electron chi connectivity index (χ1n) is 8.99. The fourth-order valence-electron chi connectivity index (χ4n) is 3.09. The largest absolute Gasteiger partial charge is 0.458 e. The summed E-state index contributed by atoms with van der Waals surface area (Å²) in [6, 6.07) is 8.56. The second-order valence-corrected chi connectivity index (χ2v) is 6.81. The van der Waals surface area contributed by atoms with E-state index in [1.54, 1.807) is 12.1 Å². The van der Waals surface area contributed by atoms with Gasteiger partial charge in [-0.2, -0.15) is 4.80 Å². The summed E-state index contributed by atoms with van der Waals surface area (Å²) in [5, 5.41) is 33.1. The number of urea groups is 1. The van der Waals surface area contributed by atoms with Crippen molar-refractivity contribution < 1.29 is 24.2 Å². The van der Waals surface area contributed by atoms with Gasteiger partial charge in [-0.25, -0.2) is 4.79 Å². The summed E-state index contributed by atoms with van der Waals surface area (Å²) >= 11 is 0. The molecule has 2 aromatic heterocycles. The molecular weight excluding hydrogens is 394 g/mol. The highest BCUT2D eigenvalue weighted by Crippen LogP contribution is 2.24. The van der Waals surface area contributed by atoms with Crippen LogP contribution in [0, 0.1) is 0 Å².